The number of nitrogens with zero attached hydrogens (tertiary/aromatic N) is 7. The first-order valence-corrected chi connectivity index (χ1v) is 13.4. The maximum Gasteiger partial charge on any atom is 0.421 e. The summed E-state index contributed by atoms with van der Waals surface area (Å²) in [6.07, 6.45) is -2.35. The molecule has 2 heterocycles. The number of hydrogen-bond donors (Lipinski definition) is 1. The van der Waals surface area contributed by atoms with Gasteiger partial charge in [-0.3, -0.25) is 10.1 Å². The standard InChI is InChI=1S/C28H31F3N8O4/c1-36(2)10-11-37(3)22-14-24(43-5)20(13-23(22)39(40)41)33-27-32-15-19(28(29,30)31)26(34-27)38-21-9-8-17(42-4)12-18(21)25(35-38)16-6-7-16/h8-9,12-16H,6-7,10-11H2,1-5H3,(H,32,33,34). The monoisotopic (exact) mass is 600 g/mol. The smallest absolute Gasteiger partial charge is 0.421 e. The summed E-state index contributed by atoms with van der Waals surface area (Å²) in [7, 11) is 8.41. The fourth-order valence-corrected chi connectivity index (χ4v) is 4.73. The lowest BCUT2D eigenvalue weighted by Gasteiger charge is -2.23. The number of aromatic nitrogens is 4. The highest BCUT2D eigenvalue weighted by Gasteiger charge is 2.38. The number of ether oxygens (including phenoxy) is 2. The quantitative estimate of drug-likeness (QED) is 0.177. The highest BCUT2D eigenvalue weighted by molar-refractivity contribution is 5.86. The lowest BCUT2D eigenvalue weighted by atomic mass is 10.1. The van der Waals surface area contributed by atoms with Gasteiger partial charge in [-0.2, -0.15) is 23.3 Å². The van der Waals surface area contributed by atoms with Crippen LogP contribution in [0.5, 0.6) is 11.5 Å². The van der Waals surface area contributed by atoms with Crippen molar-refractivity contribution in [2.24, 2.45) is 0 Å². The number of fused-ring (bicyclic) bond motifs is 1. The van der Waals surface area contributed by atoms with E-state index in [2.05, 4.69) is 20.4 Å². The summed E-state index contributed by atoms with van der Waals surface area (Å²) in [5, 5.41) is 20.1. The molecule has 0 bridgehead atoms. The third kappa shape index (κ3) is 6.11. The average Bonchev–Trinajstić information content (AvgIpc) is 3.74. The minimum Gasteiger partial charge on any atom is -0.497 e. The third-order valence-corrected chi connectivity index (χ3v) is 7.19. The largest absolute Gasteiger partial charge is 0.497 e. The molecule has 1 saturated carbocycles. The number of hydrogen-bond acceptors (Lipinski definition) is 10. The molecule has 4 aromatic rings. The molecule has 2 aromatic carbocycles. The number of likely N-dealkylation sites (N-methyl/N-ethyl adjacent to an activating group) is 2. The Balaban J connectivity index is 1.60. The molecule has 228 valence electrons. The van der Waals surface area contributed by atoms with Gasteiger partial charge in [0.05, 0.1) is 36.0 Å². The van der Waals surface area contributed by atoms with E-state index in [4.69, 9.17) is 9.47 Å². The van der Waals surface area contributed by atoms with E-state index in [1.54, 1.807) is 30.1 Å². The predicted octanol–water partition coefficient (Wildman–Crippen LogP) is 5.38. The average molecular weight is 601 g/mol. The van der Waals surface area contributed by atoms with Crippen LogP contribution in [0.2, 0.25) is 0 Å². The van der Waals surface area contributed by atoms with Crippen LogP contribution in [-0.2, 0) is 6.18 Å². The molecule has 1 N–H and O–H groups in total. The highest BCUT2D eigenvalue weighted by Crippen LogP contribution is 2.45. The minimum atomic E-state index is -4.78. The number of rotatable bonds is 11. The van der Waals surface area contributed by atoms with Crippen molar-refractivity contribution < 1.29 is 27.6 Å². The van der Waals surface area contributed by atoms with E-state index >= 15 is 0 Å². The topological polar surface area (TPSA) is 124 Å². The minimum absolute atomic E-state index is 0.110. The van der Waals surface area contributed by atoms with Gasteiger partial charge in [0.25, 0.3) is 5.69 Å². The summed E-state index contributed by atoms with van der Waals surface area (Å²) < 4.78 is 54.6. The van der Waals surface area contributed by atoms with Crippen LogP contribution >= 0.6 is 0 Å². The molecular weight excluding hydrogens is 569 g/mol. The van der Waals surface area contributed by atoms with E-state index < -0.39 is 22.5 Å². The van der Waals surface area contributed by atoms with Crippen molar-refractivity contribution in [3.8, 4) is 17.3 Å². The Morgan fingerprint density at radius 1 is 1.12 bits per heavy atom. The summed E-state index contributed by atoms with van der Waals surface area (Å²) in [5.74, 6) is 0.188. The van der Waals surface area contributed by atoms with Crippen molar-refractivity contribution in [3.63, 3.8) is 0 Å². The van der Waals surface area contributed by atoms with Gasteiger partial charge in [-0.05, 0) is 45.1 Å². The van der Waals surface area contributed by atoms with Crippen LogP contribution in [-0.4, -0.2) is 78.0 Å². The SMILES string of the molecule is COc1ccc2c(c1)c(C1CC1)nn2-c1nc(Nc2cc([N+](=O)[O-])c(N(C)CCN(C)C)cc2OC)ncc1C(F)(F)F. The number of nitro groups is 1. The molecule has 5 rings (SSSR count). The molecule has 0 atom stereocenters. The van der Waals surface area contributed by atoms with Gasteiger partial charge in [-0.15, -0.1) is 0 Å². The van der Waals surface area contributed by atoms with Crippen molar-refractivity contribution in [1.82, 2.24) is 24.6 Å². The van der Waals surface area contributed by atoms with Crippen molar-refractivity contribution >= 4 is 33.9 Å². The molecule has 1 aliphatic rings. The Morgan fingerprint density at radius 2 is 1.86 bits per heavy atom. The summed E-state index contributed by atoms with van der Waals surface area (Å²) in [6.45, 7) is 1.15. The van der Waals surface area contributed by atoms with Crippen LogP contribution in [0.25, 0.3) is 16.7 Å². The van der Waals surface area contributed by atoms with Crippen LogP contribution in [0.4, 0.5) is 36.2 Å². The van der Waals surface area contributed by atoms with Crippen LogP contribution in [0.1, 0.15) is 30.0 Å². The van der Waals surface area contributed by atoms with E-state index in [0.717, 1.165) is 12.8 Å². The molecule has 43 heavy (non-hydrogen) atoms. The van der Waals surface area contributed by atoms with Gasteiger partial charge in [0.2, 0.25) is 5.95 Å². The van der Waals surface area contributed by atoms with Crippen LogP contribution in [0.15, 0.2) is 36.5 Å². The molecule has 15 heteroatoms. The second-order valence-corrected chi connectivity index (χ2v) is 10.5. The van der Waals surface area contributed by atoms with E-state index in [9.17, 15) is 23.3 Å². The number of nitrogens with one attached hydrogen (secondary N) is 1. The number of nitro benzene ring substituents is 1. The Labute approximate surface area is 245 Å². The number of alkyl halides is 3. The second kappa shape index (κ2) is 11.6. The van der Waals surface area contributed by atoms with Gasteiger partial charge in [0.1, 0.15) is 22.7 Å². The molecule has 1 aliphatic carbocycles. The Bertz CT molecular complexity index is 1670. The Morgan fingerprint density at radius 3 is 2.47 bits per heavy atom. The number of halogens is 3. The van der Waals surface area contributed by atoms with Gasteiger partial charge in [0, 0.05) is 49.8 Å². The zero-order valence-electron chi connectivity index (χ0n) is 24.3. The predicted molar refractivity (Wildman–Crippen MR) is 155 cm³/mol. The molecule has 0 unspecified atom stereocenters. The van der Waals surface area contributed by atoms with Gasteiger partial charge < -0.3 is 24.6 Å². The maximum atomic E-state index is 14.2. The molecular formula is C28H31F3N8O4. The lowest BCUT2D eigenvalue weighted by Crippen LogP contribution is -2.29. The maximum absolute atomic E-state index is 14.2. The van der Waals surface area contributed by atoms with Crippen molar-refractivity contribution in [1.29, 1.82) is 0 Å². The van der Waals surface area contributed by atoms with Gasteiger partial charge >= 0.3 is 6.18 Å². The van der Waals surface area contributed by atoms with Crippen molar-refractivity contribution in [2.75, 3.05) is 58.7 Å². The zero-order chi connectivity index (χ0) is 31.1. The number of anilines is 3. The van der Waals surface area contributed by atoms with Gasteiger partial charge in [-0.25, -0.2) is 9.67 Å². The van der Waals surface area contributed by atoms with Crippen molar-refractivity contribution in [2.45, 2.75) is 24.9 Å². The van der Waals surface area contributed by atoms with E-state index in [0.29, 0.717) is 47.3 Å². The summed E-state index contributed by atoms with van der Waals surface area (Å²) in [6, 6.07) is 7.78. The lowest BCUT2D eigenvalue weighted by molar-refractivity contribution is -0.384. The highest BCUT2D eigenvalue weighted by atomic mass is 19.4. The molecule has 0 spiro atoms. The molecule has 0 amide bonds. The van der Waals surface area contributed by atoms with Gasteiger partial charge in [-0.1, -0.05) is 0 Å². The third-order valence-electron chi connectivity index (χ3n) is 7.19. The summed E-state index contributed by atoms with van der Waals surface area (Å²) in [5.41, 5.74) is 0.208. The van der Waals surface area contributed by atoms with E-state index in [1.165, 1.54) is 31.0 Å². The molecule has 12 nitrogen and oxygen atoms in total. The van der Waals surface area contributed by atoms with Gasteiger partial charge in [0.15, 0.2) is 5.82 Å². The Hall–Kier alpha value is -4.66. The fraction of sp³-hybridized carbons (Fsp3) is 0.393. The second-order valence-electron chi connectivity index (χ2n) is 10.5. The molecule has 1 fully saturated rings. The molecule has 0 saturated heterocycles. The van der Waals surface area contributed by atoms with Crippen molar-refractivity contribution in [3.05, 3.63) is 57.9 Å². The van der Waals surface area contributed by atoms with E-state index in [1.807, 2.05) is 19.0 Å². The first-order chi connectivity index (χ1) is 20.4. The number of benzene rings is 2. The molecule has 0 aliphatic heterocycles. The molecule has 2 aromatic heterocycles. The Kier molecular flexibility index (Phi) is 8.01. The summed E-state index contributed by atoms with van der Waals surface area (Å²) in [4.78, 5) is 23.3. The molecule has 0 radical (unpaired) electrons. The normalized spacial score (nSPS) is 13.4. The van der Waals surface area contributed by atoms with Crippen LogP contribution < -0.4 is 19.7 Å². The van der Waals surface area contributed by atoms with Crippen LogP contribution in [0.3, 0.4) is 0 Å². The zero-order valence-corrected chi connectivity index (χ0v) is 24.3. The van der Waals surface area contributed by atoms with E-state index in [-0.39, 0.29) is 29.0 Å². The first-order valence-electron chi connectivity index (χ1n) is 13.4. The summed E-state index contributed by atoms with van der Waals surface area (Å²) >= 11 is 0. The van der Waals surface area contributed by atoms with Crippen LogP contribution in [0, 0.1) is 10.1 Å². The first kappa shape index (κ1) is 29.8. The fourth-order valence-electron chi connectivity index (χ4n) is 4.73. The number of methoxy groups -OCH3 is 2.